The van der Waals surface area contributed by atoms with E-state index in [4.69, 9.17) is 9.47 Å². The van der Waals surface area contributed by atoms with Gasteiger partial charge < -0.3 is 14.4 Å². The number of amides is 1. The summed E-state index contributed by atoms with van der Waals surface area (Å²) >= 11 is 0. The van der Waals surface area contributed by atoms with E-state index in [1.54, 1.807) is 11.8 Å². The molecule has 118 valence electrons. The van der Waals surface area contributed by atoms with Crippen molar-refractivity contribution in [1.82, 2.24) is 4.90 Å². The van der Waals surface area contributed by atoms with Crippen LogP contribution in [-0.2, 0) is 20.9 Å². The second kappa shape index (κ2) is 8.22. The number of hydrogen-bond donors (Lipinski definition) is 0. The van der Waals surface area contributed by atoms with Crippen molar-refractivity contribution in [3.8, 4) is 0 Å². The predicted octanol–water partition coefficient (Wildman–Crippen LogP) is 2.76. The number of hydrogen-bond acceptors (Lipinski definition) is 4. The zero-order valence-corrected chi connectivity index (χ0v) is 12.7. The Hall–Kier alpha value is -2.30. The van der Waals surface area contributed by atoms with Gasteiger partial charge in [-0.3, -0.25) is 0 Å². The molecule has 0 radical (unpaired) electrons. The van der Waals surface area contributed by atoms with E-state index >= 15 is 0 Å². The van der Waals surface area contributed by atoms with Crippen LogP contribution in [0, 0.1) is 5.92 Å². The van der Waals surface area contributed by atoms with Gasteiger partial charge in [-0.15, -0.1) is 0 Å². The average Bonchev–Trinajstić information content (AvgIpc) is 3.01. The van der Waals surface area contributed by atoms with Crippen LogP contribution in [0.15, 0.2) is 42.5 Å². The molecule has 0 aliphatic carbocycles. The molecule has 0 bridgehead atoms. The smallest absolute Gasteiger partial charge is 0.410 e. The van der Waals surface area contributed by atoms with Gasteiger partial charge in [0.2, 0.25) is 0 Å². The molecule has 1 fully saturated rings. The Bertz CT molecular complexity index is 527. The molecule has 1 aromatic carbocycles. The molecule has 2 rings (SSSR count). The third kappa shape index (κ3) is 4.91. The molecule has 1 heterocycles. The molecule has 0 aromatic heterocycles. The van der Waals surface area contributed by atoms with E-state index in [-0.39, 0.29) is 24.6 Å². The molecule has 1 atom stereocenters. The molecule has 1 aliphatic heterocycles. The lowest BCUT2D eigenvalue weighted by Gasteiger charge is -2.15. The average molecular weight is 303 g/mol. The number of rotatable bonds is 5. The molecule has 1 unspecified atom stereocenters. The molecule has 1 aromatic rings. The lowest BCUT2D eigenvalue weighted by Crippen LogP contribution is -2.29. The van der Waals surface area contributed by atoms with Crippen LogP contribution >= 0.6 is 0 Å². The van der Waals surface area contributed by atoms with Crippen LogP contribution in [0.5, 0.6) is 0 Å². The molecular weight excluding hydrogens is 282 g/mol. The zero-order chi connectivity index (χ0) is 15.8. The van der Waals surface area contributed by atoms with Gasteiger partial charge in [0, 0.05) is 19.2 Å². The van der Waals surface area contributed by atoms with Gasteiger partial charge in [0.1, 0.15) is 6.61 Å². The second-order valence-corrected chi connectivity index (χ2v) is 5.15. The van der Waals surface area contributed by atoms with E-state index in [1.165, 1.54) is 6.08 Å². The maximum atomic E-state index is 12.0. The van der Waals surface area contributed by atoms with Crippen LogP contribution in [0.4, 0.5) is 4.79 Å². The summed E-state index contributed by atoms with van der Waals surface area (Å²) in [6.07, 6.45) is 3.77. The van der Waals surface area contributed by atoms with Gasteiger partial charge in [0.15, 0.2) is 0 Å². The van der Waals surface area contributed by atoms with E-state index < -0.39 is 0 Å². The van der Waals surface area contributed by atoms with E-state index in [1.807, 2.05) is 36.4 Å². The predicted molar refractivity (Wildman–Crippen MR) is 82.1 cm³/mol. The van der Waals surface area contributed by atoms with Gasteiger partial charge in [0.25, 0.3) is 0 Å². The Morgan fingerprint density at radius 2 is 2.05 bits per heavy atom. The summed E-state index contributed by atoms with van der Waals surface area (Å²) < 4.78 is 10.1. The van der Waals surface area contributed by atoms with E-state index in [0.29, 0.717) is 19.7 Å². The van der Waals surface area contributed by atoms with E-state index in [9.17, 15) is 9.59 Å². The van der Waals surface area contributed by atoms with Crippen LogP contribution < -0.4 is 0 Å². The lowest BCUT2D eigenvalue weighted by atomic mass is 10.1. The highest BCUT2D eigenvalue weighted by Crippen LogP contribution is 2.18. The van der Waals surface area contributed by atoms with Crippen molar-refractivity contribution < 1.29 is 19.1 Å². The molecule has 5 heteroatoms. The Labute approximate surface area is 130 Å². The number of benzene rings is 1. The largest absolute Gasteiger partial charge is 0.463 e. The summed E-state index contributed by atoms with van der Waals surface area (Å²) in [5.41, 5.74) is 0.966. The van der Waals surface area contributed by atoms with Crippen molar-refractivity contribution in [1.29, 1.82) is 0 Å². The highest BCUT2D eigenvalue weighted by atomic mass is 16.6. The fourth-order valence-corrected chi connectivity index (χ4v) is 2.33. The number of carbonyl (C=O) groups excluding carboxylic acids is 2. The number of carbonyl (C=O) groups is 2. The Morgan fingerprint density at radius 3 is 2.77 bits per heavy atom. The third-order valence-corrected chi connectivity index (χ3v) is 3.48. The maximum absolute atomic E-state index is 12.0. The molecule has 0 N–H and O–H groups in total. The number of esters is 1. The van der Waals surface area contributed by atoms with Gasteiger partial charge in [-0.1, -0.05) is 36.4 Å². The summed E-state index contributed by atoms with van der Waals surface area (Å²) in [5, 5.41) is 0. The van der Waals surface area contributed by atoms with Gasteiger partial charge in [-0.05, 0) is 24.8 Å². The molecule has 1 aliphatic rings. The Morgan fingerprint density at radius 1 is 1.27 bits per heavy atom. The molecule has 1 saturated heterocycles. The van der Waals surface area contributed by atoms with Crippen LogP contribution in [0.1, 0.15) is 18.9 Å². The minimum atomic E-state index is -0.340. The molecular formula is C17H21NO4. The molecule has 1 amide bonds. The highest BCUT2D eigenvalue weighted by Gasteiger charge is 2.25. The summed E-state index contributed by atoms with van der Waals surface area (Å²) in [6, 6.07) is 9.58. The standard InChI is InChI=1S/C17H21NO4/c1-2-21-16(19)9-8-14-10-11-18(12-14)17(20)22-13-15-6-4-3-5-7-15/h3-9,14H,2,10-13H2,1H3/b9-8+. The van der Waals surface area contributed by atoms with Crippen molar-refractivity contribution in [3.05, 3.63) is 48.0 Å². The highest BCUT2D eigenvalue weighted by molar-refractivity contribution is 5.81. The summed E-state index contributed by atoms with van der Waals surface area (Å²) in [4.78, 5) is 24.9. The van der Waals surface area contributed by atoms with Crippen LogP contribution in [0.25, 0.3) is 0 Å². The Balaban J connectivity index is 1.75. The third-order valence-electron chi connectivity index (χ3n) is 3.48. The number of ether oxygens (including phenoxy) is 2. The van der Waals surface area contributed by atoms with Crippen LogP contribution in [0.3, 0.4) is 0 Å². The molecule has 5 nitrogen and oxygen atoms in total. The Kier molecular flexibility index (Phi) is 6.01. The normalized spacial score (nSPS) is 17.7. The van der Waals surface area contributed by atoms with E-state index in [2.05, 4.69) is 0 Å². The fraction of sp³-hybridized carbons (Fsp3) is 0.412. The van der Waals surface area contributed by atoms with Crippen molar-refractivity contribution >= 4 is 12.1 Å². The first kappa shape index (κ1) is 16.1. The monoisotopic (exact) mass is 303 g/mol. The molecule has 22 heavy (non-hydrogen) atoms. The minimum absolute atomic E-state index is 0.175. The number of likely N-dealkylation sites (tertiary alicyclic amines) is 1. The van der Waals surface area contributed by atoms with Crippen LogP contribution in [0.2, 0.25) is 0 Å². The first-order chi connectivity index (χ1) is 10.7. The summed E-state index contributed by atoms with van der Waals surface area (Å²) in [7, 11) is 0. The lowest BCUT2D eigenvalue weighted by molar-refractivity contribution is -0.137. The van der Waals surface area contributed by atoms with Crippen molar-refractivity contribution in [2.75, 3.05) is 19.7 Å². The van der Waals surface area contributed by atoms with Gasteiger partial charge in [-0.2, -0.15) is 0 Å². The summed E-state index contributed by atoms with van der Waals surface area (Å²) in [5.74, 6) is -0.165. The second-order valence-electron chi connectivity index (χ2n) is 5.15. The number of nitrogens with zero attached hydrogens (tertiary/aromatic N) is 1. The SMILES string of the molecule is CCOC(=O)/C=C/C1CCN(C(=O)OCc2ccccc2)C1. The van der Waals surface area contributed by atoms with Gasteiger partial charge >= 0.3 is 12.1 Å². The quantitative estimate of drug-likeness (QED) is 0.620. The first-order valence-electron chi connectivity index (χ1n) is 7.49. The van der Waals surface area contributed by atoms with Crippen molar-refractivity contribution in [3.63, 3.8) is 0 Å². The van der Waals surface area contributed by atoms with Crippen molar-refractivity contribution in [2.24, 2.45) is 5.92 Å². The molecule has 0 spiro atoms. The van der Waals surface area contributed by atoms with Crippen LogP contribution in [-0.4, -0.2) is 36.7 Å². The van der Waals surface area contributed by atoms with Gasteiger partial charge in [-0.25, -0.2) is 9.59 Å². The molecule has 0 saturated carbocycles. The maximum Gasteiger partial charge on any atom is 0.410 e. The summed E-state index contributed by atoms with van der Waals surface area (Å²) in [6.45, 7) is 3.63. The van der Waals surface area contributed by atoms with Gasteiger partial charge in [0.05, 0.1) is 6.61 Å². The zero-order valence-electron chi connectivity index (χ0n) is 12.7. The fourth-order valence-electron chi connectivity index (χ4n) is 2.33. The van der Waals surface area contributed by atoms with E-state index in [0.717, 1.165) is 12.0 Å². The van der Waals surface area contributed by atoms with Crippen molar-refractivity contribution in [2.45, 2.75) is 20.0 Å². The minimum Gasteiger partial charge on any atom is -0.463 e. The topological polar surface area (TPSA) is 55.8 Å². The first-order valence-corrected chi connectivity index (χ1v) is 7.49.